The largest absolute Gasteiger partial charge is 0.465 e. The number of alkyl halides is 3. The summed E-state index contributed by atoms with van der Waals surface area (Å²) < 4.78 is 48.4. The number of halogens is 3. The molecule has 12 heteroatoms. The highest BCUT2D eigenvalue weighted by molar-refractivity contribution is 7.16. The van der Waals surface area contributed by atoms with Crippen molar-refractivity contribution in [1.29, 1.82) is 0 Å². The number of benzene rings is 2. The molecule has 0 bridgehead atoms. The van der Waals surface area contributed by atoms with Gasteiger partial charge in [0.1, 0.15) is 0 Å². The minimum atomic E-state index is -4.59. The molecule has 38 heavy (non-hydrogen) atoms. The van der Waals surface area contributed by atoms with E-state index in [2.05, 4.69) is 0 Å². The van der Waals surface area contributed by atoms with Gasteiger partial charge in [0.2, 0.25) is 5.91 Å². The third kappa shape index (κ3) is 4.26. The first-order valence-corrected chi connectivity index (χ1v) is 12.9. The lowest BCUT2D eigenvalue weighted by atomic mass is 9.83. The first-order chi connectivity index (χ1) is 18.0. The normalized spacial score (nSPS) is 20.1. The predicted molar refractivity (Wildman–Crippen MR) is 134 cm³/mol. The van der Waals surface area contributed by atoms with Gasteiger partial charge in [0.25, 0.3) is 0 Å². The number of rotatable bonds is 4. The highest BCUT2D eigenvalue weighted by Crippen LogP contribution is 2.43. The molecule has 200 valence electrons. The lowest BCUT2D eigenvalue weighted by molar-refractivity contribution is -0.155. The molecule has 1 aromatic heterocycles. The number of ether oxygens (including phenoxy) is 1. The van der Waals surface area contributed by atoms with E-state index in [0.717, 1.165) is 22.3 Å². The van der Waals surface area contributed by atoms with Crippen molar-refractivity contribution in [1.82, 2.24) is 9.47 Å². The van der Waals surface area contributed by atoms with E-state index in [9.17, 15) is 32.3 Å². The van der Waals surface area contributed by atoms with Gasteiger partial charge in [-0.15, -0.1) is 0 Å². The fraction of sp³-hybridized carbons (Fsp3) is 0.385. The van der Waals surface area contributed by atoms with Crippen molar-refractivity contribution in [2.45, 2.75) is 38.4 Å². The molecule has 0 saturated carbocycles. The summed E-state index contributed by atoms with van der Waals surface area (Å²) in [5.41, 5.74) is 0.520. The number of imide groups is 1. The molecular weight excluding hydrogens is 523 g/mol. The van der Waals surface area contributed by atoms with Gasteiger partial charge >= 0.3 is 23.0 Å². The summed E-state index contributed by atoms with van der Waals surface area (Å²) in [7, 11) is 1.62. The zero-order valence-electron chi connectivity index (χ0n) is 20.6. The maximum atomic E-state index is 13.9. The molecule has 2 heterocycles. The maximum absolute atomic E-state index is 13.9. The average Bonchev–Trinajstić information content (AvgIpc) is 3.16. The van der Waals surface area contributed by atoms with E-state index in [1.165, 1.54) is 21.6 Å². The summed E-state index contributed by atoms with van der Waals surface area (Å²) in [6, 6.07) is 6.96. The van der Waals surface area contributed by atoms with Crippen LogP contribution < -0.4 is 9.77 Å². The fourth-order valence-corrected chi connectivity index (χ4v) is 6.21. The average molecular weight is 548 g/mol. The maximum Gasteiger partial charge on any atom is 0.416 e. The number of carbonyl (C=O) groups excluding carboxylic acids is 3. The molecule has 8 nitrogen and oxygen atoms in total. The predicted octanol–water partition coefficient (Wildman–Crippen LogP) is 4.64. The first kappa shape index (κ1) is 26.0. The van der Waals surface area contributed by atoms with Crippen molar-refractivity contribution < 1.29 is 32.3 Å². The van der Waals surface area contributed by atoms with E-state index in [0.29, 0.717) is 22.3 Å². The van der Waals surface area contributed by atoms with Crippen LogP contribution in [0.25, 0.3) is 10.2 Å². The van der Waals surface area contributed by atoms with E-state index < -0.39 is 41.6 Å². The third-order valence-corrected chi connectivity index (χ3v) is 8.08. The van der Waals surface area contributed by atoms with E-state index in [1.54, 1.807) is 32.2 Å². The summed E-state index contributed by atoms with van der Waals surface area (Å²) >= 11 is 0.988. The number of urea groups is 1. The molecule has 1 fully saturated rings. The van der Waals surface area contributed by atoms with Gasteiger partial charge in [-0.2, -0.15) is 13.2 Å². The summed E-state index contributed by atoms with van der Waals surface area (Å²) in [6.07, 6.45) is -3.84. The van der Waals surface area contributed by atoms with Crippen molar-refractivity contribution in [3.05, 3.63) is 62.8 Å². The van der Waals surface area contributed by atoms with Gasteiger partial charge in [-0.25, -0.2) is 4.79 Å². The highest BCUT2D eigenvalue weighted by atomic mass is 32.1. The van der Waals surface area contributed by atoms with Gasteiger partial charge in [-0.05, 0) is 61.6 Å². The molecule has 1 aliphatic heterocycles. The fourth-order valence-electron chi connectivity index (χ4n) is 5.30. The van der Waals surface area contributed by atoms with Crippen LogP contribution in [0.5, 0.6) is 0 Å². The number of hydrogen-bond donors (Lipinski definition) is 0. The van der Waals surface area contributed by atoms with Crippen LogP contribution in [0.4, 0.5) is 23.7 Å². The molecule has 3 aromatic rings. The number of nitrogens with zero attached hydrogens (tertiary/aromatic N) is 3. The van der Waals surface area contributed by atoms with Crippen LogP contribution in [0.2, 0.25) is 0 Å². The lowest BCUT2D eigenvalue weighted by Crippen LogP contribution is -2.60. The Morgan fingerprint density at radius 3 is 2.63 bits per heavy atom. The Balaban J connectivity index is 1.61. The van der Waals surface area contributed by atoms with Crippen LogP contribution in [-0.4, -0.2) is 40.5 Å². The SMILES string of the molecule is CCOC(=O)C1CN(c2ccc3c(c2)sc(=O)n3C)C(=O)N(C2CCCc3c2cccc3C(F)(F)F)C1=O. The van der Waals surface area contributed by atoms with Crippen molar-refractivity contribution in [2.75, 3.05) is 18.1 Å². The van der Waals surface area contributed by atoms with Crippen molar-refractivity contribution >= 4 is 45.1 Å². The van der Waals surface area contributed by atoms with Gasteiger partial charge < -0.3 is 9.30 Å². The number of anilines is 1. The molecule has 2 atom stereocenters. The van der Waals surface area contributed by atoms with Crippen LogP contribution in [0.15, 0.2) is 41.2 Å². The quantitative estimate of drug-likeness (QED) is 0.351. The van der Waals surface area contributed by atoms with Gasteiger partial charge in [0.15, 0.2) is 5.92 Å². The Morgan fingerprint density at radius 2 is 1.92 bits per heavy atom. The van der Waals surface area contributed by atoms with Crippen LogP contribution >= 0.6 is 11.3 Å². The van der Waals surface area contributed by atoms with E-state index >= 15 is 0 Å². The van der Waals surface area contributed by atoms with Crippen LogP contribution in [0, 0.1) is 5.92 Å². The molecule has 0 radical (unpaired) electrons. The third-order valence-electron chi connectivity index (χ3n) is 7.09. The second-order valence-corrected chi connectivity index (χ2v) is 10.3. The molecule has 1 saturated heterocycles. The Kier molecular flexibility index (Phi) is 6.54. The zero-order valence-corrected chi connectivity index (χ0v) is 21.4. The Morgan fingerprint density at radius 1 is 1.16 bits per heavy atom. The smallest absolute Gasteiger partial charge is 0.416 e. The number of carbonyl (C=O) groups is 3. The molecule has 0 N–H and O–H groups in total. The van der Waals surface area contributed by atoms with Crippen molar-refractivity contribution in [2.24, 2.45) is 13.0 Å². The van der Waals surface area contributed by atoms with Crippen LogP contribution in [0.3, 0.4) is 0 Å². The first-order valence-electron chi connectivity index (χ1n) is 12.1. The Labute approximate surface area is 219 Å². The standard InChI is InChI=1S/C26H24F3N3O5S/c1-3-37-23(34)17-13-31(14-10-11-20-21(12-14)38-25(36)30(20)2)24(35)32(22(17)33)19-9-5-6-15-16(19)7-4-8-18(15)26(27,28)29/h4,7-8,10-12,17,19H,3,5-6,9,13H2,1-2H3. The molecule has 5 rings (SSSR count). The van der Waals surface area contributed by atoms with Gasteiger partial charge in [0, 0.05) is 12.7 Å². The molecular formula is C26H24F3N3O5S. The van der Waals surface area contributed by atoms with Crippen molar-refractivity contribution in [3.8, 4) is 0 Å². The highest BCUT2D eigenvalue weighted by Gasteiger charge is 2.48. The van der Waals surface area contributed by atoms with E-state index in [4.69, 9.17) is 4.74 Å². The van der Waals surface area contributed by atoms with Crippen LogP contribution in [0.1, 0.15) is 42.5 Å². The number of amides is 3. The van der Waals surface area contributed by atoms with Gasteiger partial charge in [0.05, 0.1) is 35.0 Å². The molecule has 2 unspecified atom stereocenters. The summed E-state index contributed by atoms with van der Waals surface area (Å²) in [5.74, 6) is -2.97. The number of thiazole rings is 1. The zero-order chi connectivity index (χ0) is 27.4. The number of aryl methyl sites for hydroxylation is 1. The molecule has 3 amide bonds. The summed E-state index contributed by atoms with van der Waals surface area (Å²) in [6.45, 7) is 1.32. The van der Waals surface area contributed by atoms with E-state index in [1.807, 2.05) is 0 Å². The Hall–Kier alpha value is -3.67. The monoisotopic (exact) mass is 547 g/mol. The minimum absolute atomic E-state index is 0.0156. The molecule has 2 aromatic carbocycles. The Bertz CT molecular complexity index is 1510. The van der Waals surface area contributed by atoms with Gasteiger partial charge in [-0.1, -0.05) is 23.5 Å². The number of hydrogen-bond acceptors (Lipinski definition) is 6. The van der Waals surface area contributed by atoms with E-state index in [-0.39, 0.29) is 42.0 Å². The molecule has 1 aliphatic carbocycles. The minimum Gasteiger partial charge on any atom is -0.465 e. The lowest BCUT2D eigenvalue weighted by Gasteiger charge is -2.43. The summed E-state index contributed by atoms with van der Waals surface area (Å²) in [4.78, 5) is 54.4. The van der Waals surface area contributed by atoms with Crippen LogP contribution in [-0.2, 0) is 34.0 Å². The molecule has 2 aliphatic rings. The van der Waals surface area contributed by atoms with Crippen molar-refractivity contribution in [3.63, 3.8) is 0 Å². The second kappa shape index (κ2) is 9.57. The number of esters is 1. The van der Waals surface area contributed by atoms with Gasteiger partial charge in [-0.3, -0.25) is 24.2 Å². The number of aromatic nitrogens is 1. The summed E-state index contributed by atoms with van der Waals surface area (Å²) in [5, 5.41) is 0. The second-order valence-electron chi connectivity index (χ2n) is 9.26. The topological polar surface area (TPSA) is 88.9 Å². The molecule has 0 spiro atoms. The number of fused-ring (bicyclic) bond motifs is 2.